The number of thiazole rings is 1. The lowest BCUT2D eigenvalue weighted by atomic mass is 10.2. The third kappa shape index (κ3) is 3.54. The molecule has 4 nitrogen and oxygen atoms in total. The van der Waals surface area contributed by atoms with Gasteiger partial charge in [0.05, 0.1) is 10.6 Å². The van der Waals surface area contributed by atoms with Crippen LogP contribution in [-0.2, 0) is 16.4 Å². The van der Waals surface area contributed by atoms with Crippen LogP contribution in [0.4, 0.5) is 5.13 Å². The summed E-state index contributed by atoms with van der Waals surface area (Å²) in [6.45, 7) is 4.66. The Morgan fingerprint density at radius 3 is 2.32 bits per heavy atom. The summed E-state index contributed by atoms with van der Waals surface area (Å²) in [5, 5.41) is 4.13. The lowest BCUT2D eigenvalue weighted by Crippen LogP contribution is -2.01. The molecule has 0 amide bonds. The molecule has 1 heterocycles. The van der Waals surface area contributed by atoms with Crippen LogP contribution in [0.5, 0.6) is 0 Å². The molecule has 0 radical (unpaired) electrons. The lowest BCUT2D eigenvalue weighted by Gasteiger charge is -2.04. The van der Waals surface area contributed by atoms with Crippen LogP contribution in [-0.4, -0.2) is 19.7 Å². The van der Waals surface area contributed by atoms with Gasteiger partial charge < -0.3 is 5.32 Å². The van der Waals surface area contributed by atoms with Crippen LogP contribution in [0.15, 0.2) is 29.2 Å². The molecule has 0 aliphatic heterocycles. The summed E-state index contributed by atoms with van der Waals surface area (Å²) in [4.78, 5) is 5.94. The van der Waals surface area contributed by atoms with Gasteiger partial charge in [-0.1, -0.05) is 12.1 Å². The molecule has 0 bridgehead atoms. The maximum Gasteiger partial charge on any atom is 0.183 e. The zero-order valence-corrected chi connectivity index (χ0v) is 12.7. The van der Waals surface area contributed by atoms with Crippen LogP contribution < -0.4 is 5.32 Å². The van der Waals surface area contributed by atoms with Gasteiger partial charge in [-0.2, -0.15) is 0 Å². The zero-order valence-electron chi connectivity index (χ0n) is 11.1. The average molecular weight is 296 g/mol. The second-order valence-electron chi connectivity index (χ2n) is 4.43. The predicted molar refractivity (Wildman–Crippen MR) is 78.5 cm³/mol. The number of nitrogens with zero attached hydrogens (tertiary/aromatic N) is 1. The van der Waals surface area contributed by atoms with Crippen molar-refractivity contribution in [1.29, 1.82) is 0 Å². The summed E-state index contributed by atoms with van der Waals surface area (Å²) < 4.78 is 22.7. The van der Waals surface area contributed by atoms with E-state index in [1.54, 1.807) is 23.5 Å². The highest BCUT2D eigenvalue weighted by atomic mass is 32.2. The van der Waals surface area contributed by atoms with Crippen molar-refractivity contribution in [3.05, 3.63) is 40.4 Å². The fourth-order valence-corrected chi connectivity index (χ4v) is 3.02. The zero-order chi connectivity index (χ0) is 14.0. The van der Waals surface area contributed by atoms with Crippen LogP contribution in [0.1, 0.15) is 16.1 Å². The lowest BCUT2D eigenvalue weighted by molar-refractivity contribution is 0.602. The van der Waals surface area contributed by atoms with Crippen LogP contribution in [0.25, 0.3) is 0 Å². The van der Waals surface area contributed by atoms with Crippen LogP contribution in [0.3, 0.4) is 0 Å². The molecular weight excluding hydrogens is 280 g/mol. The summed E-state index contributed by atoms with van der Waals surface area (Å²) in [5.74, 6) is 0. The fourth-order valence-electron chi connectivity index (χ4n) is 1.58. The van der Waals surface area contributed by atoms with Crippen molar-refractivity contribution < 1.29 is 8.42 Å². The third-order valence-electron chi connectivity index (χ3n) is 2.82. The molecular formula is C13H16N2O2S2. The van der Waals surface area contributed by atoms with Gasteiger partial charge in [0, 0.05) is 17.7 Å². The minimum absolute atomic E-state index is 0.345. The fraction of sp³-hybridized carbons (Fsp3) is 0.308. The van der Waals surface area contributed by atoms with Gasteiger partial charge >= 0.3 is 0 Å². The second kappa shape index (κ2) is 5.30. The average Bonchev–Trinajstić information content (AvgIpc) is 2.66. The molecule has 0 atom stereocenters. The third-order valence-corrected chi connectivity index (χ3v) is 4.98. The van der Waals surface area contributed by atoms with E-state index in [2.05, 4.69) is 10.3 Å². The summed E-state index contributed by atoms with van der Waals surface area (Å²) in [6.07, 6.45) is 1.21. The quantitative estimate of drug-likeness (QED) is 0.942. The number of benzene rings is 1. The number of aryl methyl sites for hydroxylation is 2. The Labute approximate surface area is 117 Å². The maximum absolute atomic E-state index is 11.3. The van der Waals surface area contributed by atoms with Gasteiger partial charge in [-0.25, -0.2) is 13.4 Å². The van der Waals surface area contributed by atoms with E-state index in [-0.39, 0.29) is 0 Å². The molecule has 6 heteroatoms. The Morgan fingerprint density at radius 1 is 1.21 bits per heavy atom. The van der Waals surface area contributed by atoms with Crippen molar-refractivity contribution in [3.63, 3.8) is 0 Å². The van der Waals surface area contributed by atoms with E-state index >= 15 is 0 Å². The topological polar surface area (TPSA) is 59.1 Å². The highest BCUT2D eigenvalue weighted by Gasteiger charge is 2.06. The SMILES string of the molecule is Cc1nc(NCc2ccc(S(C)(=O)=O)cc2)sc1C. The Kier molecular flexibility index (Phi) is 3.91. The maximum atomic E-state index is 11.3. The normalized spacial score (nSPS) is 11.5. The number of aromatic nitrogens is 1. The number of hydrogen-bond donors (Lipinski definition) is 1. The molecule has 0 aliphatic rings. The molecule has 102 valence electrons. The van der Waals surface area contributed by atoms with Gasteiger partial charge in [0.25, 0.3) is 0 Å². The largest absolute Gasteiger partial charge is 0.357 e. The van der Waals surface area contributed by atoms with E-state index in [0.717, 1.165) is 16.4 Å². The summed E-state index contributed by atoms with van der Waals surface area (Å²) in [5.41, 5.74) is 2.07. The highest BCUT2D eigenvalue weighted by molar-refractivity contribution is 7.90. The minimum atomic E-state index is -3.12. The van der Waals surface area contributed by atoms with Crippen molar-refractivity contribution in [2.75, 3.05) is 11.6 Å². The minimum Gasteiger partial charge on any atom is -0.357 e. The van der Waals surface area contributed by atoms with E-state index in [1.165, 1.54) is 11.1 Å². The number of nitrogens with one attached hydrogen (secondary N) is 1. The molecule has 0 spiro atoms. The van der Waals surface area contributed by atoms with E-state index in [1.807, 2.05) is 26.0 Å². The summed E-state index contributed by atoms with van der Waals surface area (Å²) in [7, 11) is -3.12. The van der Waals surface area contributed by atoms with Gasteiger partial charge in [-0.15, -0.1) is 11.3 Å². The van der Waals surface area contributed by atoms with Crippen molar-refractivity contribution >= 4 is 26.3 Å². The van der Waals surface area contributed by atoms with Crippen molar-refractivity contribution in [1.82, 2.24) is 4.98 Å². The van der Waals surface area contributed by atoms with Crippen molar-refractivity contribution in [2.45, 2.75) is 25.3 Å². The first-order valence-electron chi connectivity index (χ1n) is 5.83. The first-order valence-corrected chi connectivity index (χ1v) is 8.54. The van der Waals surface area contributed by atoms with Crippen LogP contribution in [0, 0.1) is 13.8 Å². The molecule has 2 aromatic rings. The Hall–Kier alpha value is -1.40. The van der Waals surface area contributed by atoms with Gasteiger partial charge in [0.2, 0.25) is 0 Å². The highest BCUT2D eigenvalue weighted by Crippen LogP contribution is 2.21. The molecule has 0 aliphatic carbocycles. The predicted octanol–water partition coefficient (Wildman–Crippen LogP) is 2.78. The molecule has 1 N–H and O–H groups in total. The molecule has 1 aromatic heterocycles. The van der Waals surface area contributed by atoms with Crippen molar-refractivity contribution in [3.8, 4) is 0 Å². The smallest absolute Gasteiger partial charge is 0.183 e. The van der Waals surface area contributed by atoms with E-state index in [4.69, 9.17) is 0 Å². The van der Waals surface area contributed by atoms with Gasteiger partial charge in [0.15, 0.2) is 15.0 Å². The first-order chi connectivity index (χ1) is 8.86. The molecule has 0 unspecified atom stereocenters. The Bertz CT molecular complexity index is 654. The molecule has 0 fully saturated rings. The number of rotatable bonds is 4. The monoisotopic (exact) mass is 296 g/mol. The van der Waals surface area contributed by atoms with Crippen molar-refractivity contribution in [2.24, 2.45) is 0 Å². The molecule has 19 heavy (non-hydrogen) atoms. The molecule has 0 saturated heterocycles. The Morgan fingerprint density at radius 2 is 1.84 bits per heavy atom. The molecule has 1 aromatic carbocycles. The molecule has 2 rings (SSSR count). The van der Waals surface area contributed by atoms with Crippen LogP contribution in [0.2, 0.25) is 0 Å². The number of sulfone groups is 1. The standard InChI is InChI=1S/C13H16N2O2S2/c1-9-10(2)18-13(15-9)14-8-11-4-6-12(7-5-11)19(3,16)17/h4-7H,8H2,1-3H3,(H,14,15). The first kappa shape index (κ1) is 14.0. The van der Waals surface area contributed by atoms with E-state index in [9.17, 15) is 8.42 Å². The molecule has 0 saturated carbocycles. The summed E-state index contributed by atoms with van der Waals surface area (Å²) >= 11 is 1.62. The van der Waals surface area contributed by atoms with E-state index < -0.39 is 9.84 Å². The van der Waals surface area contributed by atoms with Crippen LogP contribution >= 0.6 is 11.3 Å². The van der Waals surface area contributed by atoms with Gasteiger partial charge in [-0.05, 0) is 31.5 Å². The van der Waals surface area contributed by atoms with E-state index in [0.29, 0.717) is 11.4 Å². The second-order valence-corrected chi connectivity index (χ2v) is 7.65. The van der Waals surface area contributed by atoms with Gasteiger partial charge in [-0.3, -0.25) is 0 Å². The Balaban J connectivity index is 2.04. The summed E-state index contributed by atoms with van der Waals surface area (Å²) in [6, 6.07) is 6.89. The number of anilines is 1. The number of hydrogen-bond acceptors (Lipinski definition) is 5. The van der Waals surface area contributed by atoms with Gasteiger partial charge in [0.1, 0.15) is 0 Å².